The number of thioether (sulfide) groups is 2. The zero-order valence-electron chi connectivity index (χ0n) is 26.3. The molecule has 2 aromatic carbocycles. The maximum Gasteiger partial charge on any atom is 0.108 e. The molecule has 0 aliphatic carbocycles. The smallest absolute Gasteiger partial charge is 0.108 e. The van der Waals surface area contributed by atoms with Crippen LogP contribution in [-0.2, 0) is 21.9 Å². The molecule has 0 amide bonds. The lowest BCUT2D eigenvalue weighted by atomic mass is 9.83. The molecule has 4 heterocycles. The highest BCUT2D eigenvalue weighted by Crippen LogP contribution is 2.47. The number of hydrogen-bond donors (Lipinski definition) is 0. The fraction of sp³-hybridized carbons (Fsp3) is 0.444. The number of fused-ring (bicyclic) bond motifs is 2. The molecule has 0 spiro atoms. The maximum absolute atomic E-state index is 13.6. The third-order valence-corrected chi connectivity index (χ3v) is 15.3. The molecule has 10 heteroatoms. The average molecular weight is 741 g/mol. The summed E-state index contributed by atoms with van der Waals surface area (Å²) in [5.74, 6) is 4.01. The second-order valence-electron chi connectivity index (χ2n) is 12.8. The number of thiocarbonyl (C=S) groups is 4. The Hall–Kier alpha value is -1.27. The van der Waals surface area contributed by atoms with Crippen molar-refractivity contribution >= 4 is 103 Å². The Labute approximate surface area is 306 Å². The third kappa shape index (κ3) is 6.78. The van der Waals surface area contributed by atoms with E-state index in [1.165, 1.54) is 20.9 Å². The zero-order chi connectivity index (χ0) is 32.5. The van der Waals surface area contributed by atoms with E-state index in [-0.39, 0.29) is 11.8 Å². The first kappa shape index (κ1) is 34.6. The van der Waals surface area contributed by atoms with Crippen LogP contribution in [0.5, 0.6) is 0 Å². The molecule has 0 saturated carbocycles. The number of nitrogens with zero attached hydrogens (tertiary/aromatic N) is 2. The molecular formula is C36H40N2OS7. The Morgan fingerprint density at radius 2 is 1.09 bits per heavy atom. The van der Waals surface area contributed by atoms with Gasteiger partial charge in [-0.3, -0.25) is 4.21 Å². The van der Waals surface area contributed by atoms with E-state index in [0.29, 0.717) is 11.5 Å². The van der Waals surface area contributed by atoms with E-state index in [4.69, 9.17) is 48.9 Å². The van der Waals surface area contributed by atoms with Crippen LogP contribution in [0.3, 0.4) is 0 Å². The van der Waals surface area contributed by atoms with Crippen molar-refractivity contribution < 1.29 is 4.21 Å². The van der Waals surface area contributed by atoms with Gasteiger partial charge in [-0.2, -0.15) is 0 Å². The minimum Gasteiger partial charge on any atom is -0.316 e. The molecule has 4 aliphatic rings. The van der Waals surface area contributed by atoms with Gasteiger partial charge in [0.1, 0.15) is 9.98 Å². The van der Waals surface area contributed by atoms with E-state index in [9.17, 15) is 4.21 Å². The van der Waals surface area contributed by atoms with Gasteiger partial charge in [0.25, 0.3) is 0 Å². The summed E-state index contributed by atoms with van der Waals surface area (Å²) >= 11 is 27.9. The highest BCUT2D eigenvalue weighted by Gasteiger charge is 2.45. The molecule has 2 saturated heterocycles. The molecule has 0 radical (unpaired) electrons. The second-order valence-corrected chi connectivity index (χ2v) is 18.5. The highest BCUT2D eigenvalue weighted by molar-refractivity contribution is 8.03. The molecule has 2 aromatic rings. The van der Waals surface area contributed by atoms with E-state index in [1.54, 1.807) is 0 Å². The monoisotopic (exact) mass is 740 g/mol. The molecule has 2 fully saturated rings. The van der Waals surface area contributed by atoms with Crippen LogP contribution in [0, 0.1) is 11.8 Å². The summed E-state index contributed by atoms with van der Waals surface area (Å²) in [6.45, 7) is 4.51. The van der Waals surface area contributed by atoms with Crippen molar-refractivity contribution in [1.29, 1.82) is 0 Å². The lowest BCUT2D eigenvalue weighted by molar-refractivity contribution is 0.260. The highest BCUT2D eigenvalue weighted by atomic mass is 32.2. The Morgan fingerprint density at radius 1 is 0.696 bits per heavy atom. The number of hydrogen-bond acceptors (Lipinski definition) is 7. The Balaban J connectivity index is 1.13. The molecule has 0 aromatic heterocycles. The first-order chi connectivity index (χ1) is 22.1. The third-order valence-electron chi connectivity index (χ3n) is 9.90. The molecule has 3 nitrogen and oxygen atoms in total. The lowest BCUT2D eigenvalue weighted by Gasteiger charge is -2.46. The van der Waals surface area contributed by atoms with Crippen molar-refractivity contribution in [3.8, 4) is 0 Å². The lowest BCUT2D eigenvalue weighted by Crippen LogP contribution is -2.53. The summed E-state index contributed by atoms with van der Waals surface area (Å²) in [6, 6.07) is 21.1. The van der Waals surface area contributed by atoms with Crippen LogP contribution in [0.4, 0.5) is 0 Å². The van der Waals surface area contributed by atoms with Gasteiger partial charge in [0.2, 0.25) is 0 Å². The van der Waals surface area contributed by atoms with Crippen LogP contribution in [-0.4, -0.2) is 57.0 Å². The summed E-state index contributed by atoms with van der Waals surface area (Å²) in [5, 5.41) is 0. The van der Waals surface area contributed by atoms with Crippen molar-refractivity contribution in [2.45, 2.75) is 63.5 Å². The predicted octanol–water partition coefficient (Wildman–Crippen LogP) is 9.34. The standard InChI is InChI=1S/C36H40N2OS7/c1-35(25-11-5-3-6-12-25,37-31(40)23-29-27(33(37)42)15-19-44-29)17-9-21-46(39)22-10-18-36(2,26-13-7-4-8-14-26)38-32(41)24-30-28(34(38)43)16-20-45-30/h3-8,11-14,23-24,27-28H,9-10,15-22H2,1-2H3. The van der Waals surface area contributed by atoms with Crippen LogP contribution in [0.15, 0.2) is 82.6 Å². The molecule has 4 aliphatic heterocycles. The van der Waals surface area contributed by atoms with Gasteiger partial charge in [0.05, 0.1) is 21.1 Å². The topological polar surface area (TPSA) is 23.6 Å². The average Bonchev–Trinajstić information content (AvgIpc) is 3.72. The normalized spacial score (nSPS) is 24.6. The van der Waals surface area contributed by atoms with E-state index >= 15 is 0 Å². The summed E-state index contributed by atoms with van der Waals surface area (Å²) in [5.41, 5.74) is 1.59. The first-order valence-electron chi connectivity index (χ1n) is 16.0. The summed E-state index contributed by atoms with van der Waals surface area (Å²) < 4.78 is 13.6. The van der Waals surface area contributed by atoms with Crippen molar-refractivity contribution in [1.82, 2.24) is 9.80 Å². The minimum atomic E-state index is -0.955. The molecule has 0 bridgehead atoms. The van der Waals surface area contributed by atoms with Gasteiger partial charge < -0.3 is 9.80 Å². The molecule has 4 atom stereocenters. The largest absolute Gasteiger partial charge is 0.316 e. The van der Waals surface area contributed by atoms with Gasteiger partial charge in [0, 0.05) is 34.1 Å². The van der Waals surface area contributed by atoms with Gasteiger partial charge in [-0.25, -0.2) is 0 Å². The quantitative estimate of drug-likeness (QED) is 0.197. The van der Waals surface area contributed by atoms with Crippen LogP contribution in [0.1, 0.15) is 63.5 Å². The maximum atomic E-state index is 13.6. The number of rotatable bonds is 12. The fourth-order valence-corrected chi connectivity index (χ4v) is 13.3. The van der Waals surface area contributed by atoms with Crippen LogP contribution < -0.4 is 0 Å². The van der Waals surface area contributed by atoms with Gasteiger partial charge >= 0.3 is 0 Å². The molecule has 242 valence electrons. The van der Waals surface area contributed by atoms with E-state index in [2.05, 4.69) is 84.3 Å². The van der Waals surface area contributed by atoms with E-state index < -0.39 is 21.9 Å². The van der Waals surface area contributed by atoms with Crippen molar-refractivity contribution in [3.63, 3.8) is 0 Å². The van der Waals surface area contributed by atoms with E-state index in [0.717, 1.165) is 70.0 Å². The van der Waals surface area contributed by atoms with E-state index in [1.807, 2.05) is 35.7 Å². The van der Waals surface area contributed by atoms with Gasteiger partial charge in [-0.1, -0.05) is 110 Å². The SMILES string of the molecule is CC(CCCS(=O)CCCC(C)(c1ccccc1)N1C(=S)C=C2SCCC2C1=S)(c1ccccc1)N1C(=S)C=C2SCCC2C1=S. The molecule has 0 N–H and O–H groups in total. The van der Waals surface area contributed by atoms with Crippen molar-refractivity contribution in [2.75, 3.05) is 23.0 Å². The van der Waals surface area contributed by atoms with Crippen molar-refractivity contribution in [2.24, 2.45) is 11.8 Å². The van der Waals surface area contributed by atoms with Crippen molar-refractivity contribution in [3.05, 3.63) is 93.8 Å². The number of benzene rings is 2. The minimum absolute atomic E-state index is 0.276. The fourth-order valence-electron chi connectivity index (χ4n) is 7.35. The van der Waals surface area contributed by atoms with Crippen LogP contribution in [0.25, 0.3) is 0 Å². The Kier molecular flexibility index (Phi) is 11.0. The van der Waals surface area contributed by atoms with Crippen LogP contribution >= 0.6 is 72.4 Å². The summed E-state index contributed by atoms with van der Waals surface area (Å²) in [4.78, 5) is 10.6. The predicted molar refractivity (Wildman–Crippen MR) is 215 cm³/mol. The molecule has 4 unspecified atom stereocenters. The van der Waals surface area contributed by atoms with Gasteiger partial charge in [0.15, 0.2) is 0 Å². The summed E-state index contributed by atoms with van der Waals surface area (Å²) in [6.07, 6.45) is 9.73. The second kappa shape index (κ2) is 14.7. The molecular weight excluding hydrogens is 701 g/mol. The van der Waals surface area contributed by atoms with Gasteiger partial charge in [-0.15, -0.1) is 23.5 Å². The van der Waals surface area contributed by atoms with Crippen LogP contribution in [0.2, 0.25) is 0 Å². The molecule has 46 heavy (non-hydrogen) atoms. The van der Waals surface area contributed by atoms with Gasteiger partial charge in [-0.05, 0) is 97.0 Å². The zero-order valence-corrected chi connectivity index (χ0v) is 32.0. The summed E-state index contributed by atoms with van der Waals surface area (Å²) in [7, 11) is -0.955. The Bertz CT molecular complexity index is 1490. The Morgan fingerprint density at radius 3 is 1.48 bits per heavy atom. The first-order valence-corrected chi connectivity index (χ1v) is 21.1. The molecule has 6 rings (SSSR count).